The summed E-state index contributed by atoms with van der Waals surface area (Å²) in [5.41, 5.74) is 1.68. The van der Waals surface area contributed by atoms with Gasteiger partial charge in [-0.1, -0.05) is 61.3 Å². The van der Waals surface area contributed by atoms with Gasteiger partial charge in [0.15, 0.2) is 0 Å². The maximum Gasteiger partial charge on any atom is 0.264 e. The van der Waals surface area contributed by atoms with Crippen LogP contribution in [0.1, 0.15) is 37.8 Å². The van der Waals surface area contributed by atoms with Gasteiger partial charge in [0.1, 0.15) is 18.3 Å². The number of carbonyl (C=O) groups excluding carboxylic acids is 2. The van der Waals surface area contributed by atoms with E-state index in [4.69, 9.17) is 16.3 Å². The third kappa shape index (κ3) is 7.76. The molecule has 0 fully saturated rings. The van der Waals surface area contributed by atoms with E-state index in [9.17, 15) is 18.0 Å². The van der Waals surface area contributed by atoms with E-state index in [0.29, 0.717) is 22.9 Å². The lowest BCUT2D eigenvalue weighted by atomic mass is 10.1. The molecule has 0 aromatic heterocycles. The van der Waals surface area contributed by atoms with Gasteiger partial charge in [-0.2, -0.15) is 0 Å². The van der Waals surface area contributed by atoms with E-state index in [1.165, 1.54) is 23.1 Å². The van der Waals surface area contributed by atoms with Crippen LogP contribution in [0.2, 0.25) is 5.02 Å². The molecule has 1 N–H and O–H groups in total. The number of aryl methyl sites for hydroxylation is 1. The van der Waals surface area contributed by atoms with Gasteiger partial charge in [0.2, 0.25) is 11.8 Å². The summed E-state index contributed by atoms with van der Waals surface area (Å²) in [6.45, 7) is 5.47. The van der Waals surface area contributed by atoms with E-state index in [1.807, 2.05) is 6.92 Å². The Morgan fingerprint density at radius 2 is 1.70 bits per heavy atom. The molecule has 40 heavy (non-hydrogen) atoms. The average molecular weight is 586 g/mol. The first kappa shape index (κ1) is 31.0. The summed E-state index contributed by atoms with van der Waals surface area (Å²) in [7, 11) is -2.59. The summed E-state index contributed by atoms with van der Waals surface area (Å²) in [5, 5.41) is 3.21. The highest BCUT2D eigenvalue weighted by molar-refractivity contribution is 7.92. The molecule has 3 rings (SSSR count). The number of halogens is 1. The number of hydrogen-bond acceptors (Lipinski definition) is 5. The van der Waals surface area contributed by atoms with Crippen LogP contribution < -0.4 is 14.4 Å². The van der Waals surface area contributed by atoms with Crippen molar-refractivity contribution >= 4 is 39.1 Å². The topological polar surface area (TPSA) is 96.0 Å². The summed E-state index contributed by atoms with van der Waals surface area (Å²) in [5.74, 6) is -0.192. The molecule has 2 amide bonds. The summed E-state index contributed by atoms with van der Waals surface area (Å²) < 4.78 is 34.1. The molecule has 0 radical (unpaired) electrons. The maximum atomic E-state index is 14.0. The van der Waals surface area contributed by atoms with Crippen LogP contribution in [0.4, 0.5) is 5.69 Å². The lowest BCUT2D eigenvalue weighted by molar-refractivity contribution is -0.139. The molecule has 10 heteroatoms. The van der Waals surface area contributed by atoms with Crippen LogP contribution in [-0.4, -0.2) is 51.4 Å². The van der Waals surface area contributed by atoms with Crippen molar-refractivity contribution in [1.29, 1.82) is 0 Å². The minimum absolute atomic E-state index is 0.0363. The smallest absolute Gasteiger partial charge is 0.264 e. The van der Waals surface area contributed by atoms with Gasteiger partial charge >= 0.3 is 0 Å². The zero-order chi connectivity index (χ0) is 29.3. The monoisotopic (exact) mass is 585 g/mol. The van der Waals surface area contributed by atoms with Crippen LogP contribution in [-0.2, 0) is 26.2 Å². The molecule has 0 saturated carbocycles. The lowest BCUT2D eigenvalue weighted by Crippen LogP contribution is -2.51. The Kier molecular flexibility index (Phi) is 11.0. The molecule has 0 spiro atoms. The highest BCUT2D eigenvalue weighted by atomic mass is 35.5. The van der Waals surface area contributed by atoms with Crippen LogP contribution in [0, 0.1) is 6.92 Å². The Morgan fingerprint density at radius 1 is 1.02 bits per heavy atom. The number of hydrogen-bond donors (Lipinski definition) is 1. The average Bonchev–Trinajstić information content (AvgIpc) is 2.96. The zero-order valence-electron chi connectivity index (χ0n) is 23.3. The number of benzene rings is 3. The second kappa shape index (κ2) is 14.2. The first-order valence-electron chi connectivity index (χ1n) is 13.1. The van der Waals surface area contributed by atoms with Crippen molar-refractivity contribution in [3.8, 4) is 5.75 Å². The molecular formula is C30H36ClN3O5S. The van der Waals surface area contributed by atoms with Crippen LogP contribution in [0.5, 0.6) is 5.75 Å². The van der Waals surface area contributed by atoms with Gasteiger partial charge in [-0.3, -0.25) is 13.9 Å². The van der Waals surface area contributed by atoms with Crippen LogP contribution in [0.25, 0.3) is 0 Å². The number of methoxy groups -OCH3 is 1. The van der Waals surface area contributed by atoms with Gasteiger partial charge in [0.25, 0.3) is 10.0 Å². The number of ether oxygens (including phenoxy) is 1. The number of nitrogens with one attached hydrogen (secondary N) is 1. The first-order chi connectivity index (χ1) is 19.1. The first-order valence-corrected chi connectivity index (χ1v) is 14.9. The summed E-state index contributed by atoms with van der Waals surface area (Å²) in [6, 6.07) is 19.1. The minimum atomic E-state index is -4.16. The Hall–Kier alpha value is -3.56. The molecule has 0 saturated heterocycles. The Bertz CT molecular complexity index is 1400. The number of anilines is 1. The molecule has 0 aliphatic heterocycles. The maximum absolute atomic E-state index is 14.0. The number of rotatable bonds is 13. The molecule has 0 aliphatic carbocycles. The van der Waals surface area contributed by atoms with E-state index < -0.39 is 28.5 Å². The fourth-order valence-electron chi connectivity index (χ4n) is 4.13. The predicted molar refractivity (Wildman–Crippen MR) is 158 cm³/mol. The molecular weight excluding hydrogens is 550 g/mol. The SMILES string of the molecule is CCCCNC(=O)[C@@H](C)N(Cc1ccc(OC)cc1)C(=O)CN(c1cc(Cl)ccc1C)S(=O)(=O)c1ccccc1. The molecule has 1 atom stereocenters. The molecule has 0 unspecified atom stereocenters. The van der Waals surface area contributed by atoms with Gasteiger partial charge in [-0.25, -0.2) is 8.42 Å². The van der Waals surface area contributed by atoms with Crippen molar-refractivity contribution in [2.24, 2.45) is 0 Å². The van der Waals surface area contributed by atoms with Crippen LogP contribution in [0.3, 0.4) is 0 Å². The van der Waals surface area contributed by atoms with Gasteiger partial charge in [0.05, 0.1) is 17.7 Å². The van der Waals surface area contributed by atoms with Gasteiger partial charge < -0.3 is 15.0 Å². The third-order valence-corrected chi connectivity index (χ3v) is 8.57. The van der Waals surface area contributed by atoms with Crippen molar-refractivity contribution in [2.75, 3.05) is 24.5 Å². The third-order valence-electron chi connectivity index (χ3n) is 6.56. The van der Waals surface area contributed by atoms with E-state index >= 15 is 0 Å². The Morgan fingerprint density at radius 3 is 2.33 bits per heavy atom. The van der Waals surface area contributed by atoms with E-state index in [0.717, 1.165) is 22.7 Å². The predicted octanol–water partition coefficient (Wildman–Crippen LogP) is 5.19. The number of carbonyl (C=O) groups is 2. The van der Waals surface area contributed by atoms with Crippen molar-refractivity contribution in [2.45, 2.75) is 51.1 Å². The van der Waals surface area contributed by atoms with Crippen molar-refractivity contribution in [3.05, 3.63) is 88.9 Å². The largest absolute Gasteiger partial charge is 0.497 e. The zero-order valence-corrected chi connectivity index (χ0v) is 24.8. The molecule has 0 aliphatic rings. The van der Waals surface area contributed by atoms with Gasteiger partial charge in [-0.15, -0.1) is 0 Å². The van der Waals surface area contributed by atoms with Gasteiger partial charge in [0, 0.05) is 18.1 Å². The fraction of sp³-hybridized carbons (Fsp3) is 0.333. The minimum Gasteiger partial charge on any atom is -0.497 e. The highest BCUT2D eigenvalue weighted by Crippen LogP contribution is 2.30. The molecule has 0 heterocycles. The second-order valence-corrected chi connectivity index (χ2v) is 11.7. The second-order valence-electron chi connectivity index (χ2n) is 9.45. The van der Waals surface area contributed by atoms with E-state index in [-0.39, 0.29) is 23.0 Å². The molecule has 3 aromatic carbocycles. The number of nitrogens with zero attached hydrogens (tertiary/aromatic N) is 2. The number of unbranched alkanes of at least 4 members (excludes halogenated alkanes) is 1. The summed E-state index contributed by atoms with van der Waals surface area (Å²) in [6.07, 6.45) is 1.72. The summed E-state index contributed by atoms with van der Waals surface area (Å²) in [4.78, 5) is 28.5. The van der Waals surface area contributed by atoms with Gasteiger partial charge in [-0.05, 0) is 67.8 Å². The van der Waals surface area contributed by atoms with E-state index in [1.54, 1.807) is 75.6 Å². The van der Waals surface area contributed by atoms with Crippen LogP contribution in [0.15, 0.2) is 77.7 Å². The number of sulfonamides is 1. The summed E-state index contributed by atoms with van der Waals surface area (Å²) >= 11 is 6.26. The Labute approximate surface area is 241 Å². The molecule has 0 bridgehead atoms. The van der Waals surface area contributed by atoms with Crippen LogP contribution >= 0.6 is 11.6 Å². The normalized spacial score (nSPS) is 11.9. The highest BCUT2D eigenvalue weighted by Gasteiger charge is 2.33. The quantitative estimate of drug-likeness (QED) is 0.279. The fourth-order valence-corrected chi connectivity index (χ4v) is 5.79. The molecule has 8 nitrogen and oxygen atoms in total. The number of amides is 2. The van der Waals surface area contributed by atoms with Crippen molar-refractivity contribution in [3.63, 3.8) is 0 Å². The molecule has 214 valence electrons. The standard InChI is InChI=1S/C30H36ClN3O5S/c1-5-6-18-32-30(36)23(3)33(20-24-13-16-26(39-4)17-14-24)29(35)21-34(28-19-25(31)15-12-22(28)2)40(37,38)27-10-8-7-9-11-27/h7-17,19,23H,5-6,18,20-21H2,1-4H3,(H,32,36)/t23-/m1/s1. The Balaban J connectivity index is 2.02. The van der Waals surface area contributed by atoms with Crippen molar-refractivity contribution in [1.82, 2.24) is 10.2 Å². The van der Waals surface area contributed by atoms with E-state index in [2.05, 4.69) is 5.32 Å². The van der Waals surface area contributed by atoms with Crippen molar-refractivity contribution < 1.29 is 22.7 Å². The lowest BCUT2D eigenvalue weighted by Gasteiger charge is -2.32. The molecule has 3 aromatic rings.